The molecule has 2 spiro atoms. The van der Waals surface area contributed by atoms with Crippen molar-refractivity contribution in [1.82, 2.24) is 60.0 Å². The topological polar surface area (TPSA) is 279 Å². The van der Waals surface area contributed by atoms with Crippen molar-refractivity contribution < 1.29 is 75.4 Å². The molecule has 596 valence electrons. The maximum Gasteiger partial charge on any atom is 0.394 e. The minimum absolute atomic E-state index is 0.00888. The number of methoxy groups -OCH3 is 1. The SMILES string of the molecule is CCC[C@H]1C(=O)N[C@@H](C2CCCC2)C(=O)N(C)CC(=O)N(C)[C@H]2C/C=C\CCN(C2=O)[C@@H](CC2CCC(C)CC2)C(=O)N(C)CC(=O)N[C@@H](CCC2CCC(C(F)(F)F)C(OC)C2)C(=O)N2CC3(CC3)C[C@H]2C(=O)NC2(CC(C)(C)C2)C(=O)N(C)[C@@H](CC(C)(C)C)C(=O)N(C)[C@H](C(=O)N(C)C)CC(=O)N1C. The molecule has 0 aromatic carbocycles. The summed E-state index contributed by atoms with van der Waals surface area (Å²) < 4.78 is 48.4. The van der Waals surface area contributed by atoms with Gasteiger partial charge in [-0.2, -0.15) is 13.2 Å². The largest absolute Gasteiger partial charge is 0.394 e. The smallest absolute Gasteiger partial charge is 0.381 e. The molecule has 2 bridgehead atoms. The third-order valence-corrected chi connectivity index (χ3v) is 24.8. The van der Waals surface area contributed by atoms with Crippen molar-refractivity contribution in [3.05, 3.63) is 12.2 Å². The number of hydrogen-bond acceptors (Lipinski definition) is 13. The zero-order valence-corrected chi connectivity index (χ0v) is 66.2. The molecule has 0 radical (unpaired) electrons. The van der Waals surface area contributed by atoms with Crippen LogP contribution in [0.15, 0.2) is 12.2 Å². The molecule has 3 heterocycles. The fourth-order valence-corrected chi connectivity index (χ4v) is 18.4. The number of ether oxygens (including phenoxy) is 1. The van der Waals surface area contributed by atoms with Gasteiger partial charge in [-0.25, -0.2) is 0 Å². The Kier molecular flexibility index (Phi) is 27.8. The lowest BCUT2D eigenvalue weighted by atomic mass is 9.58. The third kappa shape index (κ3) is 20.3. The first-order valence-corrected chi connectivity index (χ1v) is 39.1. The molecule has 8 aliphatic rings. The van der Waals surface area contributed by atoms with Gasteiger partial charge in [0.25, 0.3) is 0 Å². The van der Waals surface area contributed by atoms with E-state index in [1.807, 2.05) is 47.6 Å². The highest BCUT2D eigenvalue weighted by Crippen LogP contribution is 2.56. The first-order chi connectivity index (χ1) is 49.5. The number of nitrogens with zero attached hydrogens (tertiary/aromatic N) is 9. The number of fused-ring (bicyclic) bond motifs is 3. The van der Waals surface area contributed by atoms with Crippen LogP contribution in [0.4, 0.5) is 13.2 Å². The molecule has 106 heavy (non-hydrogen) atoms. The second kappa shape index (κ2) is 34.8. The van der Waals surface area contributed by atoms with Crippen molar-refractivity contribution in [2.75, 3.05) is 89.7 Å². The first-order valence-electron chi connectivity index (χ1n) is 39.1. The maximum absolute atomic E-state index is 15.8. The highest BCUT2D eigenvalue weighted by molar-refractivity contribution is 6.01. The van der Waals surface area contributed by atoms with E-state index in [1.54, 1.807) is 6.08 Å². The van der Waals surface area contributed by atoms with Crippen LogP contribution in [0.3, 0.4) is 0 Å². The zero-order valence-electron chi connectivity index (χ0n) is 66.2. The molecule has 2 saturated heterocycles. The van der Waals surface area contributed by atoms with Crippen molar-refractivity contribution in [2.45, 2.75) is 275 Å². The average molecular weight is 1500 g/mol. The lowest BCUT2D eigenvalue weighted by Crippen LogP contribution is -2.71. The maximum atomic E-state index is 15.8. The molecule has 3 N–H and O–H groups in total. The molecule has 0 aromatic rings. The van der Waals surface area contributed by atoms with Crippen LogP contribution in [0.25, 0.3) is 0 Å². The first kappa shape index (κ1) is 84.7. The zero-order chi connectivity index (χ0) is 78.5. The van der Waals surface area contributed by atoms with Gasteiger partial charge in [0.2, 0.25) is 70.9 Å². The Bertz CT molecular complexity index is 3240. The van der Waals surface area contributed by atoms with E-state index in [1.165, 1.54) is 103 Å². The van der Waals surface area contributed by atoms with Crippen LogP contribution in [-0.2, 0) is 62.3 Å². The Morgan fingerprint density at radius 1 is 0.660 bits per heavy atom. The van der Waals surface area contributed by atoms with Gasteiger partial charge in [0.1, 0.15) is 53.9 Å². The van der Waals surface area contributed by atoms with E-state index >= 15 is 28.8 Å². The van der Waals surface area contributed by atoms with Gasteiger partial charge in [0.05, 0.1) is 31.5 Å². The van der Waals surface area contributed by atoms with Gasteiger partial charge in [0.15, 0.2) is 0 Å². The predicted octanol–water partition coefficient (Wildman–Crippen LogP) is 6.69. The monoisotopic (exact) mass is 1490 g/mol. The number of amides is 12. The van der Waals surface area contributed by atoms with Crippen LogP contribution in [-0.4, -0.2) is 271 Å². The molecule has 3 aliphatic heterocycles. The van der Waals surface area contributed by atoms with E-state index in [4.69, 9.17) is 4.74 Å². The number of carbonyl (C=O) groups excluding carboxylic acids is 12. The Hall–Kier alpha value is -6.87. The van der Waals surface area contributed by atoms with Crippen LogP contribution in [0.2, 0.25) is 0 Å². The molecule has 5 saturated carbocycles. The summed E-state index contributed by atoms with van der Waals surface area (Å²) in [6.07, 6.45) is 6.70. The van der Waals surface area contributed by atoms with E-state index in [2.05, 4.69) is 22.9 Å². The number of hydrogen-bond donors (Lipinski definition) is 3. The number of rotatable bonds is 11. The quantitative estimate of drug-likeness (QED) is 0.182. The number of halogens is 3. The Balaban J connectivity index is 1.20. The lowest BCUT2D eigenvalue weighted by molar-refractivity contribution is -0.215. The van der Waals surface area contributed by atoms with E-state index in [0.717, 1.165) is 43.4 Å². The van der Waals surface area contributed by atoms with Gasteiger partial charge >= 0.3 is 6.18 Å². The van der Waals surface area contributed by atoms with Gasteiger partial charge in [-0.3, -0.25) is 57.5 Å². The standard InChI is InChI=1S/C78H125F3N12O13/c1-17-23-54-65(97)83-64(51-24-20-21-25-51)72(104)87(11)44-63(96)89(13)55-26-19-18-22-37-92(71(55)103)57(38-49-29-27-48(2)28-30-49)69(101)86(10)43-61(94)82-53(34-32-50-31-33-52(78(79,80)81)60(39-50)106-16)67(99)93-47-76(35-36-76)42-58(93)66(98)84-77(45-75(6,7)46-77)73(105)91(15)59(41-74(3,4)5)70(102)90(14)56(68(100)85(8)9)40-62(95)88(54)12/h18-19,48-60,64H,17,20-47H2,1-16H3,(H,82,94)(H,83,97)(H,84,98)/b19-18-/t48?,49?,50?,52?,53-,54-,55-,56-,57-,58-,59-,60?,64-/m0/s1. The minimum atomic E-state index is -4.51. The molecule has 12 amide bonds. The van der Waals surface area contributed by atoms with E-state index < -0.39 is 179 Å². The lowest BCUT2D eigenvalue weighted by Gasteiger charge is -2.54. The Morgan fingerprint density at radius 2 is 1.29 bits per heavy atom. The molecule has 7 fully saturated rings. The van der Waals surface area contributed by atoms with Gasteiger partial charge in [-0.05, 0) is 149 Å². The molecule has 28 heteroatoms. The fraction of sp³-hybridized carbons (Fsp3) is 0.821. The van der Waals surface area contributed by atoms with E-state index in [-0.39, 0.29) is 108 Å². The molecule has 25 nitrogen and oxygen atoms in total. The van der Waals surface area contributed by atoms with Gasteiger partial charge in [-0.15, -0.1) is 0 Å². The average Bonchev–Trinajstić information content (AvgIpc) is 1.38. The molecule has 5 aliphatic carbocycles. The van der Waals surface area contributed by atoms with Crippen LogP contribution >= 0.6 is 0 Å². The van der Waals surface area contributed by atoms with Crippen molar-refractivity contribution in [3.8, 4) is 0 Å². The number of carbonyl (C=O) groups is 12. The van der Waals surface area contributed by atoms with E-state index in [0.29, 0.717) is 44.4 Å². The van der Waals surface area contributed by atoms with Gasteiger partial charge in [0, 0.05) is 76.6 Å². The van der Waals surface area contributed by atoms with Crippen molar-refractivity contribution >= 4 is 70.9 Å². The number of nitrogens with one attached hydrogen (secondary N) is 3. The number of likely N-dealkylation sites (N-methyl/N-ethyl adjacent to an activating group) is 7. The van der Waals surface area contributed by atoms with E-state index in [9.17, 15) is 41.9 Å². The van der Waals surface area contributed by atoms with Crippen LogP contribution in [0, 0.1) is 45.8 Å². The minimum Gasteiger partial charge on any atom is -0.381 e. The molecule has 3 unspecified atom stereocenters. The molecule has 0 aromatic heterocycles. The predicted molar refractivity (Wildman–Crippen MR) is 392 cm³/mol. The van der Waals surface area contributed by atoms with Crippen molar-refractivity contribution in [1.29, 1.82) is 0 Å². The summed E-state index contributed by atoms with van der Waals surface area (Å²) >= 11 is 0. The Morgan fingerprint density at radius 3 is 1.88 bits per heavy atom. The van der Waals surface area contributed by atoms with Crippen molar-refractivity contribution in [2.24, 2.45) is 45.8 Å². The second-order valence-electron chi connectivity index (χ2n) is 35.3. The van der Waals surface area contributed by atoms with Gasteiger partial charge in [-0.1, -0.05) is 106 Å². The highest BCUT2D eigenvalue weighted by Gasteiger charge is 2.61. The summed E-state index contributed by atoms with van der Waals surface area (Å²) in [5.41, 5.74) is -3.25. The van der Waals surface area contributed by atoms with Gasteiger partial charge < -0.3 is 64.8 Å². The summed E-state index contributed by atoms with van der Waals surface area (Å²) in [7, 11) is 12.9. The van der Waals surface area contributed by atoms with Crippen LogP contribution in [0.1, 0.15) is 209 Å². The highest BCUT2D eigenvalue weighted by atomic mass is 19.4. The molecule has 8 rings (SSSR count). The number of alkyl halides is 3. The van der Waals surface area contributed by atoms with Crippen LogP contribution in [0.5, 0.6) is 0 Å². The molecular formula is C78H125F3N12O13. The summed E-state index contributed by atoms with van der Waals surface area (Å²) in [4.78, 5) is 194. The molecule has 11 atom stereocenters. The summed E-state index contributed by atoms with van der Waals surface area (Å²) in [6, 6.07) is -9.83. The van der Waals surface area contributed by atoms with Crippen LogP contribution < -0.4 is 16.0 Å². The summed E-state index contributed by atoms with van der Waals surface area (Å²) in [6.45, 7) is 12.7. The summed E-state index contributed by atoms with van der Waals surface area (Å²) in [5.74, 6) is -9.44. The second-order valence-corrected chi connectivity index (χ2v) is 35.3. The third-order valence-electron chi connectivity index (χ3n) is 24.8. The fourth-order valence-electron chi connectivity index (χ4n) is 18.4. The summed E-state index contributed by atoms with van der Waals surface area (Å²) in [5, 5.41) is 9.05. The Labute approximate surface area is 626 Å². The normalized spacial score (nSPS) is 32.0. The molecular weight excluding hydrogens is 1370 g/mol. The van der Waals surface area contributed by atoms with Crippen molar-refractivity contribution in [3.63, 3.8) is 0 Å².